The molecule has 0 aliphatic heterocycles. The first-order chi connectivity index (χ1) is 6.38. The Labute approximate surface area is 80.5 Å². The summed E-state index contributed by atoms with van der Waals surface area (Å²) >= 11 is 0. The van der Waals surface area contributed by atoms with E-state index >= 15 is 0 Å². The summed E-state index contributed by atoms with van der Waals surface area (Å²) < 4.78 is 40.0. The molecule has 0 N–H and O–H groups in total. The lowest BCUT2D eigenvalue weighted by molar-refractivity contribution is -0.153. The monoisotopic (exact) mass is 204 g/mol. The molecule has 0 fully saturated rings. The Morgan fingerprint density at radius 1 is 1.14 bits per heavy atom. The number of halogens is 3. The first kappa shape index (κ1) is 10.9. The molecule has 0 aromatic heterocycles. The molecule has 0 aliphatic rings. The molecule has 0 heterocycles. The van der Waals surface area contributed by atoms with E-state index in [1.165, 1.54) is 6.07 Å². The van der Waals surface area contributed by atoms with Crippen LogP contribution in [0.1, 0.15) is 11.1 Å². The summed E-state index contributed by atoms with van der Waals surface area (Å²) in [6.07, 6.45) is -4.28. The molecule has 1 aromatic rings. The summed E-state index contributed by atoms with van der Waals surface area (Å²) in [4.78, 5) is 0. The SMILES string of the molecule is Cc1ccc(OCC(F)(F)F)cc1C. The molecule has 1 aromatic carbocycles. The third kappa shape index (κ3) is 3.28. The van der Waals surface area contributed by atoms with Gasteiger partial charge in [0, 0.05) is 0 Å². The van der Waals surface area contributed by atoms with Gasteiger partial charge in [-0.1, -0.05) is 6.07 Å². The smallest absolute Gasteiger partial charge is 0.422 e. The Kier molecular flexibility index (Phi) is 3.03. The predicted molar refractivity (Wildman–Crippen MR) is 47.5 cm³/mol. The zero-order valence-corrected chi connectivity index (χ0v) is 7.98. The number of hydrogen-bond acceptors (Lipinski definition) is 1. The molecule has 0 spiro atoms. The first-order valence-corrected chi connectivity index (χ1v) is 4.15. The Morgan fingerprint density at radius 2 is 1.79 bits per heavy atom. The third-order valence-electron chi connectivity index (χ3n) is 1.88. The average Bonchev–Trinajstić information content (AvgIpc) is 2.06. The second-order valence-electron chi connectivity index (χ2n) is 3.15. The van der Waals surface area contributed by atoms with E-state index in [1.54, 1.807) is 12.1 Å². The van der Waals surface area contributed by atoms with Gasteiger partial charge in [0.15, 0.2) is 6.61 Å². The van der Waals surface area contributed by atoms with Crippen LogP contribution in [0.15, 0.2) is 18.2 Å². The van der Waals surface area contributed by atoms with Crippen molar-refractivity contribution in [1.82, 2.24) is 0 Å². The molecule has 0 amide bonds. The van der Waals surface area contributed by atoms with Gasteiger partial charge in [-0.2, -0.15) is 13.2 Å². The van der Waals surface area contributed by atoms with Crippen molar-refractivity contribution in [3.05, 3.63) is 29.3 Å². The van der Waals surface area contributed by atoms with E-state index in [2.05, 4.69) is 4.74 Å². The van der Waals surface area contributed by atoms with Crippen molar-refractivity contribution < 1.29 is 17.9 Å². The van der Waals surface area contributed by atoms with E-state index in [9.17, 15) is 13.2 Å². The van der Waals surface area contributed by atoms with Crippen molar-refractivity contribution in [3.8, 4) is 5.75 Å². The molecule has 0 saturated heterocycles. The van der Waals surface area contributed by atoms with Crippen molar-refractivity contribution in [2.24, 2.45) is 0 Å². The van der Waals surface area contributed by atoms with Crippen molar-refractivity contribution in [3.63, 3.8) is 0 Å². The maximum Gasteiger partial charge on any atom is 0.422 e. The fraction of sp³-hybridized carbons (Fsp3) is 0.400. The Bertz CT molecular complexity index is 318. The zero-order chi connectivity index (χ0) is 10.8. The average molecular weight is 204 g/mol. The number of hydrogen-bond donors (Lipinski definition) is 0. The molecule has 14 heavy (non-hydrogen) atoms. The normalized spacial score (nSPS) is 11.5. The first-order valence-electron chi connectivity index (χ1n) is 4.15. The second-order valence-corrected chi connectivity index (χ2v) is 3.15. The summed E-state index contributed by atoms with van der Waals surface area (Å²) in [5.41, 5.74) is 1.95. The molecule has 0 atom stereocenters. The van der Waals surface area contributed by atoms with Crippen LogP contribution in [0.5, 0.6) is 5.75 Å². The van der Waals surface area contributed by atoms with Crippen LogP contribution in [-0.2, 0) is 0 Å². The number of ether oxygens (including phenoxy) is 1. The predicted octanol–water partition coefficient (Wildman–Crippen LogP) is 3.24. The van der Waals surface area contributed by atoms with E-state index in [-0.39, 0.29) is 5.75 Å². The fourth-order valence-corrected chi connectivity index (χ4v) is 0.969. The van der Waals surface area contributed by atoms with Gasteiger partial charge in [0.2, 0.25) is 0 Å². The van der Waals surface area contributed by atoms with E-state index < -0.39 is 12.8 Å². The third-order valence-corrected chi connectivity index (χ3v) is 1.88. The summed E-state index contributed by atoms with van der Waals surface area (Å²) in [6, 6.07) is 4.87. The van der Waals surface area contributed by atoms with Gasteiger partial charge in [-0.05, 0) is 37.1 Å². The zero-order valence-electron chi connectivity index (χ0n) is 7.98. The van der Waals surface area contributed by atoms with Crippen molar-refractivity contribution in [1.29, 1.82) is 0 Å². The molecule has 0 bridgehead atoms. The lowest BCUT2D eigenvalue weighted by atomic mass is 10.1. The van der Waals surface area contributed by atoms with Crippen molar-refractivity contribution in [2.75, 3.05) is 6.61 Å². The molecule has 78 valence electrons. The maximum atomic E-state index is 11.8. The number of aryl methyl sites for hydroxylation is 2. The van der Waals surface area contributed by atoms with Gasteiger partial charge in [0.1, 0.15) is 5.75 Å². The topological polar surface area (TPSA) is 9.23 Å². The molecule has 4 heteroatoms. The minimum absolute atomic E-state index is 0.255. The van der Waals surface area contributed by atoms with Gasteiger partial charge < -0.3 is 4.74 Å². The molecule has 1 nitrogen and oxygen atoms in total. The molecular formula is C10H11F3O. The van der Waals surface area contributed by atoms with Gasteiger partial charge in [0.05, 0.1) is 0 Å². The van der Waals surface area contributed by atoms with Crippen LogP contribution >= 0.6 is 0 Å². The number of rotatable bonds is 2. The van der Waals surface area contributed by atoms with Crippen LogP contribution in [0, 0.1) is 13.8 Å². The lowest BCUT2D eigenvalue weighted by Gasteiger charge is -2.10. The van der Waals surface area contributed by atoms with Crippen molar-refractivity contribution in [2.45, 2.75) is 20.0 Å². The summed E-state index contributed by atoms with van der Waals surface area (Å²) in [6.45, 7) is 2.48. The number of alkyl halides is 3. The highest BCUT2D eigenvalue weighted by molar-refractivity contribution is 5.33. The molecule has 0 saturated carbocycles. The highest BCUT2D eigenvalue weighted by Gasteiger charge is 2.28. The van der Waals surface area contributed by atoms with Gasteiger partial charge in [-0.3, -0.25) is 0 Å². The molecule has 0 aliphatic carbocycles. The summed E-state index contributed by atoms with van der Waals surface area (Å²) in [5, 5.41) is 0. The van der Waals surface area contributed by atoms with Crippen molar-refractivity contribution >= 4 is 0 Å². The summed E-state index contributed by atoms with van der Waals surface area (Å²) in [5.74, 6) is 0.255. The van der Waals surface area contributed by atoms with Crippen LogP contribution in [0.4, 0.5) is 13.2 Å². The van der Waals surface area contributed by atoms with Crippen LogP contribution in [0.3, 0.4) is 0 Å². The van der Waals surface area contributed by atoms with Crippen LogP contribution in [0.25, 0.3) is 0 Å². The minimum atomic E-state index is -4.28. The maximum absolute atomic E-state index is 11.8. The van der Waals surface area contributed by atoms with E-state index in [4.69, 9.17) is 0 Å². The fourth-order valence-electron chi connectivity index (χ4n) is 0.969. The van der Waals surface area contributed by atoms with Gasteiger partial charge in [0.25, 0.3) is 0 Å². The minimum Gasteiger partial charge on any atom is -0.484 e. The van der Waals surface area contributed by atoms with E-state index in [1.807, 2.05) is 13.8 Å². The quantitative estimate of drug-likeness (QED) is 0.718. The van der Waals surface area contributed by atoms with Gasteiger partial charge >= 0.3 is 6.18 Å². The highest BCUT2D eigenvalue weighted by Crippen LogP contribution is 2.20. The lowest BCUT2D eigenvalue weighted by Crippen LogP contribution is -2.19. The Balaban J connectivity index is 2.65. The molecule has 1 rings (SSSR count). The van der Waals surface area contributed by atoms with Crippen LogP contribution in [-0.4, -0.2) is 12.8 Å². The molecule has 0 unspecified atom stereocenters. The summed E-state index contributed by atoms with van der Waals surface area (Å²) in [7, 11) is 0. The highest BCUT2D eigenvalue weighted by atomic mass is 19.4. The van der Waals surface area contributed by atoms with Gasteiger partial charge in [-0.15, -0.1) is 0 Å². The molecular weight excluding hydrogens is 193 g/mol. The second kappa shape index (κ2) is 3.90. The molecule has 0 radical (unpaired) electrons. The van der Waals surface area contributed by atoms with E-state index in [0.29, 0.717) is 0 Å². The Morgan fingerprint density at radius 3 is 2.29 bits per heavy atom. The standard InChI is InChI=1S/C10H11F3O/c1-7-3-4-9(5-8(7)2)14-6-10(11,12)13/h3-5H,6H2,1-2H3. The van der Waals surface area contributed by atoms with Gasteiger partial charge in [-0.25, -0.2) is 0 Å². The van der Waals surface area contributed by atoms with Crippen LogP contribution in [0.2, 0.25) is 0 Å². The Hall–Kier alpha value is -1.19. The largest absolute Gasteiger partial charge is 0.484 e. The van der Waals surface area contributed by atoms with Crippen LogP contribution < -0.4 is 4.74 Å². The van der Waals surface area contributed by atoms with E-state index in [0.717, 1.165) is 11.1 Å². The number of benzene rings is 1.